The third kappa shape index (κ3) is 4.74. The van der Waals surface area contributed by atoms with Gasteiger partial charge in [0.2, 0.25) is 5.88 Å². The summed E-state index contributed by atoms with van der Waals surface area (Å²) in [5.74, 6) is 0.695. The molecule has 2 aromatic rings. The summed E-state index contributed by atoms with van der Waals surface area (Å²) in [6.07, 6.45) is 7.35. The van der Waals surface area contributed by atoms with Crippen molar-refractivity contribution in [3.63, 3.8) is 0 Å². The first kappa shape index (κ1) is 21.2. The number of ether oxygens (including phenoxy) is 1. The van der Waals surface area contributed by atoms with E-state index >= 15 is 0 Å². The van der Waals surface area contributed by atoms with Gasteiger partial charge in [0.15, 0.2) is 0 Å². The first-order chi connectivity index (χ1) is 15.8. The van der Waals surface area contributed by atoms with Gasteiger partial charge < -0.3 is 19.9 Å². The van der Waals surface area contributed by atoms with Crippen LogP contribution in [0.3, 0.4) is 0 Å². The number of amides is 1. The molecule has 4 heterocycles. The number of nitrogens with zero attached hydrogens (tertiary/aromatic N) is 4. The van der Waals surface area contributed by atoms with Gasteiger partial charge in [-0.2, -0.15) is 0 Å². The van der Waals surface area contributed by atoms with Crippen LogP contribution in [0.4, 0.5) is 5.69 Å². The highest BCUT2D eigenvalue weighted by Crippen LogP contribution is 2.33. The summed E-state index contributed by atoms with van der Waals surface area (Å²) in [4.78, 5) is 22.6. The largest absolute Gasteiger partial charge is 0.476 e. The number of hydrogen-bond acceptors (Lipinski definition) is 6. The molecule has 3 atom stereocenters. The van der Waals surface area contributed by atoms with Gasteiger partial charge >= 0.3 is 6.41 Å². The summed E-state index contributed by atoms with van der Waals surface area (Å²) >= 11 is 0. The van der Waals surface area contributed by atoms with Crippen LogP contribution in [0.15, 0.2) is 48.7 Å². The van der Waals surface area contributed by atoms with Crippen molar-refractivity contribution in [3.05, 3.63) is 54.2 Å². The Morgan fingerprint density at radius 1 is 1.09 bits per heavy atom. The highest BCUT2D eigenvalue weighted by molar-refractivity contribution is 5.52. The zero-order valence-corrected chi connectivity index (χ0v) is 18.5. The molecule has 1 radical (unpaired) electrons. The molecule has 2 bridgehead atoms. The number of hydrogen-bond donors (Lipinski definition) is 1. The van der Waals surface area contributed by atoms with Gasteiger partial charge in [-0.15, -0.1) is 0 Å². The van der Waals surface area contributed by atoms with Gasteiger partial charge in [-0.25, -0.2) is 4.98 Å². The summed E-state index contributed by atoms with van der Waals surface area (Å²) in [5, 5.41) is 3.54. The van der Waals surface area contributed by atoms with Crippen molar-refractivity contribution in [2.24, 2.45) is 0 Å². The van der Waals surface area contributed by atoms with E-state index in [2.05, 4.69) is 50.8 Å². The van der Waals surface area contributed by atoms with E-state index in [1.807, 2.05) is 29.3 Å². The summed E-state index contributed by atoms with van der Waals surface area (Å²) in [6.45, 7) is 5.93. The molecule has 3 unspecified atom stereocenters. The topological polar surface area (TPSA) is 60.9 Å². The Hall–Kier alpha value is -2.64. The van der Waals surface area contributed by atoms with Crippen molar-refractivity contribution < 1.29 is 9.53 Å². The predicted molar refractivity (Wildman–Crippen MR) is 125 cm³/mol. The molecular formula is C25H32N5O2. The van der Waals surface area contributed by atoms with Gasteiger partial charge in [0.05, 0.1) is 0 Å². The van der Waals surface area contributed by atoms with Gasteiger partial charge in [-0.1, -0.05) is 30.3 Å². The number of anilines is 1. The first-order valence-electron chi connectivity index (χ1n) is 11.8. The van der Waals surface area contributed by atoms with E-state index in [-0.39, 0.29) is 6.04 Å². The van der Waals surface area contributed by atoms with E-state index in [9.17, 15) is 4.79 Å². The molecular weight excluding hydrogens is 402 g/mol. The van der Waals surface area contributed by atoms with Crippen LogP contribution >= 0.6 is 0 Å². The number of rotatable bonds is 8. The number of piperazine rings is 2. The fraction of sp³-hybridized carbons (Fsp3) is 0.520. The molecule has 3 saturated heterocycles. The van der Waals surface area contributed by atoms with Gasteiger partial charge in [0.25, 0.3) is 0 Å². The molecule has 1 N–H and O–H groups in total. The second kappa shape index (κ2) is 9.88. The number of fused-ring (bicyclic) bond motifs is 2. The lowest BCUT2D eigenvalue weighted by atomic mass is 10.0. The molecule has 0 saturated carbocycles. The van der Waals surface area contributed by atoms with E-state index in [4.69, 9.17) is 4.74 Å². The minimum Gasteiger partial charge on any atom is -0.476 e. The van der Waals surface area contributed by atoms with Crippen LogP contribution in [0.1, 0.15) is 18.4 Å². The molecule has 3 aliphatic rings. The van der Waals surface area contributed by atoms with Crippen molar-refractivity contribution in [2.45, 2.75) is 37.4 Å². The van der Waals surface area contributed by atoms with Crippen LogP contribution in [0.25, 0.3) is 0 Å². The molecule has 1 aromatic carbocycles. The van der Waals surface area contributed by atoms with Crippen LogP contribution in [0, 0.1) is 0 Å². The lowest BCUT2D eigenvalue weighted by Crippen LogP contribution is -2.54. The van der Waals surface area contributed by atoms with Gasteiger partial charge in [-0.3, -0.25) is 9.69 Å². The number of aromatic nitrogens is 1. The Balaban J connectivity index is 1.15. The molecule has 7 nitrogen and oxygen atoms in total. The van der Waals surface area contributed by atoms with Crippen molar-refractivity contribution in [1.29, 1.82) is 0 Å². The minimum absolute atomic E-state index is 0.147. The third-order valence-corrected chi connectivity index (χ3v) is 7.05. The van der Waals surface area contributed by atoms with Gasteiger partial charge in [-0.05, 0) is 30.9 Å². The Bertz CT molecular complexity index is 879. The van der Waals surface area contributed by atoms with Gasteiger partial charge in [0, 0.05) is 75.3 Å². The van der Waals surface area contributed by atoms with Crippen LogP contribution < -0.4 is 15.0 Å². The van der Waals surface area contributed by atoms with Crippen molar-refractivity contribution in [1.82, 2.24) is 20.1 Å². The van der Waals surface area contributed by atoms with Crippen molar-refractivity contribution in [2.75, 3.05) is 50.8 Å². The van der Waals surface area contributed by atoms with E-state index < -0.39 is 0 Å². The fourth-order valence-electron chi connectivity index (χ4n) is 5.42. The lowest BCUT2D eigenvalue weighted by molar-refractivity contribution is 0.107. The number of carbonyl (C=O) groups excluding carboxylic acids is 1. The SMILES string of the molecule is O=[C]N1CCN(CCOc2cc(N3C4CCC3CNC4)ccn2)CC1Cc1ccccc1. The zero-order valence-electron chi connectivity index (χ0n) is 18.5. The summed E-state index contributed by atoms with van der Waals surface area (Å²) in [5.41, 5.74) is 2.47. The van der Waals surface area contributed by atoms with Gasteiger partial charge in [0.1, 0.15) is 6.61 Å². The third-order valence-electron chi connectivity index (χ3n) is 7.05. The van der Waals surface area contributed by atoms with Crippen molar-refractivity contribution >= 4 is 12.1 Å². The van der Waals surface area contributed by atoms with E-state index in [1.165, 1.54) is 24.1 Å². The van der Waals surface area contributed by atoms with E-state index in [0.717, 1.165) is 39.1 Å². The Morgan fingerprint density at radius 3 is 2.69 bits per heavy atom. The second-order valence-corrected chi connectivity index (χ2v) is 9.08. The van der Waals surface area contributed by atoms with E-state index in [0.29, 0.717) is 31.1 Å². The smallest absolute Gasteiger partial charge is 0.312 e. The Morgan fingerprint density at radius 2 is 1.91 bits per heavy atom. The quantitative estimate of drug-likeness (QED) is 0.683. The molecule has 169 valence electrons. The Kier molecular flexibility index (Phi) is 6.55. The highest BCUT2D eigenvalue weighted by Gasteiger charge is 2.36. The summed E-state index contributed by atoms with van der Waals surface area (Å²) in [6, 6.07) is 15.9. The minimum atomic E-state index is 0.147. The van der Waals surface area contributed by atoms with Crippen LogP contribution in [0.5, 0.6) is 5.88 Å². The number of benzene rings is 1. The molecule has 0 spiro atoms. The van der Waals surface area contributed by atoms with Crippen molar-refractivity contribution in [3.8, 4) is 5.88 Å². The highest BCUT2D eigenvalue weighted by atomic mass is 16.5. The average molecular weight is 435 g/mol. The molecule has 3 aliphatic heterocycles. The molecule has 1 amide bonds. The lowest BCUT2D eigenvalue weighted by Gasteiger charge is -2.39. The molecule has 32 heavy (non-hydrogen) atoms. The number of nitrogens with one attached hydrogen (secondary N) is 1. The maximum absolute atomic E-state index is 11.4. The zero-order chi connectivity index (χ0) is 21.8. The normalized spacial score (nSPS) is 25.7. The first-order valence-corrected chi connectivity index (χ1v) is 11.8. The second-order valence-electron chi connectivity index (χ2n) is 9.08. The maximum Gasteiger partial charge on any atom is 0.312 e. The molecule has 3 fully saturated rings. The van der Waals surface area contributed by atoms with E-state index in [1.54, 1.807) is 0 Å². The summed E-state index contributed by atoms with van der Waals surface area (Å²) < 4.78 is 6.05. The predicted octanol–water partition coefficient (Wildman–Crippen LogP) is 1.70. The van der Waals surface area contributed by atoms with Crippen LogP contribution in [0.2, 0.25) is 0 Å². The molecule has 5 rings (SSSR count). The van der Waals surface area contributed by atoms with Crippen LogP contribution in [-0.2, 0) is 11.2 Å². The monoisotopic (exact) mass is 434 g/mol. The standard InChI is InChI=1S/C25H32N5O2/c31-19-29-11-10-28(18-24(29)14-20-4-2-1-3-5-20)12-13-32-25-15-21(8-9-27-25)30-22-6-7-23(30)17-26-16-22/h1-5,8-9,15,22-24,26H,6-7,10-14,16-18H2. The molecule has 7 heteroatoms. The molecule has 1 aromatic heterocycles. The average Bonchev–Trinajstić information content (AvgIpc) is 3.08. The fourth-order valence-corrected chi connectivity index (χ4v) is 5.42. The Labute approximate surface area is 190 Å². The summed E-state index contributed by atoms with van der Waals surface area (Å²) in [7, 11) is 0. The number of pyridine rings is 1. The molecule has 0 aliphatic carbocycles. The van der Waals surface area contributed by atoms with Crippen LogP contribution in [-0.4, -0.2) is 85.2 Å². The maximum atomic E-state index is 11.4.